The third-order valence-corrected chi connectivity index (χ3v) is 3.75. The van der Waals surface area contributed by atoms with E-state index in [-0.39, 0.29) is 0 Å². The van der Waals surface area contributed by atoms with E-state index in [1.807, 2.05) is 11.4 Å². The highest BCUT2D eigenvalue weighted by Crippen LogP contribution is 2.28. The Labute approximate surface area is 85.7 Å². The van der Waals surface area contributed by atoms with Crippen LogP contribution in [-0.4, -0.2) is 10.2 Å². The van der Waals surface area contributed by atoms with Crippen molar-refractivity contribution in [3.8, 4) is 0 Å². The average Bonchev–Trinajstić information content (AvgIpc) is 2.45. The van der Waals surface area contributed by atoms with E-state index in [0.29, 0.717) is 5.02 Å². The second kappa shape index (κ2) is 2.84. The van der Waals surface area contributed by atoms with Gasteiger partial charge in [-0.25, -0.2) is 0 Å². The van der Waals surface area contributed by atoms with Crippen LogP contribution in [0.5, 0.6) is 0 Å². The molecule has 0 aliphatic heterocycles. The molecule has 0 atom stereocenters. The number of rotatable bonds is 0. The van der Waals surface area contributed by atoms with Crippen molar-refractivity contribution >= 4 is 55.7 Å². The van der Waals surface area contributed by atoms with Crippen molar-refractivity contribution < 1.29 is 0 Å². The van der Waals surface area contributed by atoms with E-state index in [2.05, 4.69) is 32.8 Å². The predicted molar refractivity (Wildman–Crippen MR) is 55.1 cm³/mol. The van der Waals surface area contributed by atoms with Crippen LogP contribution >= 0.6 is 45.5 Å². The highest BCUT2D eigenvalue weighted by atomic mass is 127. The van der Waals surface area contributed by atoms with Gasteiger partial charge < -0.3 is 0 Å². The zero-order valence-electron chi connectivity index (χ0n) is 5.21. The molecule has 2 rings (SSSR count). The normalized spacial score (nSPS) is 10.7. The molecule has 0 radical (unpaired) electrons. The molecule has 2 heterocycles. The maximum absolute atomic E-state index is 5.97. The second-order valence-electron chi connectivity index (χ2n) is 1.94. The lowest BCUT2D eigenvalue weighted by molar-refractivity contribution is 1.05. The molecule has 56 valence electrons. The van der Waals surface area contributed by atoms with E-state index in [1.54, 1.807) is 11.3 Å². The molecular formula is C6H2ClIN2S. The minimum Gasteiger partial charge on any atom is -0.148 e. The van der Waals surface area contributed by atoms with Gasteiger partial charge in [0.05, 0.1) is 9.72 Å². The molecule has 0 fully saturated rings. The molecular weight excluding hydrogens is 295 g/mol. The summed E-state index contributed by atoms with van der Waals surface area (Å²) in [5.41, 5.74) is 0.875. The first-order valence-corrected chi connectivity index (χ1v) is 5.17. The molecule has 0 amide bonds. The van der Waals surface area contributed by atoms with Crippen molar-refractivity contribution in [3.05, 3.63) is 20.2 Å². The summed E-state index contributed by atoms with van der Waals surface area (Å²) in [7, 11) is 0. The summed E-state index contributed by atoms with van der Waals surface area (Å²) < 4.78 is 1.78. The van der Waals surface area contributed by atoms with Gasteiger partial charge in [0.1, 0.15) is 9.22 Å². The van der Waals surface area contributed by atoms with Gasteiger partial charge in [-0.05, 0) is 34.0 Å². The maximum atomic E-state index is 5.97. The number of aromatic nitrogens is 2. The zero-order chi connectivity index (χ0) is 7.84. The first kappa shape index (κ1) is 7.70. The number of hydrogen-bond donors (Lipinski definition) is 0. The topological polar surface area (TPSA) is 25.8 Å². The molecule has 0 bridgehead atoms. The van der Waals surface area contributed by atoms with Gasteiger partial charge in [0.15, 0.2) is 0 Å². The van der Waals surface area contributed by atoms with Crippen LogP contribution in [0.15, 0.2) is 11.4 Å². The number of fused-ring (bicyclic) bond motifs is 1. The lowest BCUT2D eigenvalue weighted by Crippen LogP contribution is -1.85. The van der Waals surface area contributed by atoms with Gasteiger partial charge in [-0.2, -0.15) is 0 Å². The molecule has 0 aliphatic carbocycles. The summed E-state index contributed by atoms with van der Waals surface area (Å²) in [6, 6.07) is 1.91. The minimum atomic E-state index is 0.714. The third-order valence-electron chi connectivity index (χ3n) is 1.27. The highest BCUT2D eigenvalue weighted by molar-refractivity contribution is 14.1. The first-order valence-electron chi connectivity index (χ1n) is 2.84. The van der Waals surface area contributed by atoms with Gasteiger partial charge in [0, 0.05) is 0 Å². The number of nitrogens with zero attached hydrogens (tertiary/aromatic N) is 2. The SMILES string of the molecule is Clc1c(I)nnc2ccsc12. The standard InChI is InChI=1S/C6H2ClIN2S/c7-4-5-3(1-2-11-5)9-10-6(4)8/h1-2H. The fourth-order valence-corrected chi connectivity index (χ4v) is 2.37. The predicted octanol–water partition coefficient (Wildman–Crippen LogP) is 2.95. The Morgan fingerprint density at radius 1 is 1.45 bits per heavy atom. The monoisotopic (exact) mass is 296 g/mol. The maximum Gasteiger partial charge on any atom is 0.143 e. The summed E-state index contributed by atoms with van der Waals surface area (Å²) in [6.07, 6.45) is 0. The van der Waals surface area contributed by atoms with Crippen molar-refractivity contribution in [2.75, 3.05) is 0 Å². The molecule has 0 aliphatic rings. The Balaban J connectivity index is 2.93. The van der Waals surface area contributed by atoms with Gasteiger partial charge in [-0.3, -0.25) is 0 Å². The molecule has 2 aromatic rings. The van der Waals surface area contributed by atoms with E-state index in [9.17, 15) is 0 Å². The Hall–Kier alpha value is 0.0600. The minimum absolute atomic E-state index is 0.714. The van der Waals surface area contributed by atoms with Crippen LogP contribution in [0.4, 0.5) is 0 Å². The van der Waals surface area contributed by atoms with E-state index in [0.717, 1.165) is 13.9 Å². The summed E-state index contributed by atoms with van der Waals surface area (Å²) in [5.74, 6) is 0. The summed E-state index contributed by atoms with van der Waals surface area (Å²) >= 11 is 9.63. The fourth-order valence-electron chi connectivity index (χ4n) is 0.781. The van der Waals surface area contributed by atoms with E-state index < -0.39 is 0 Å². The van der Waals surface area contributed by atoms with E-state index in [4.69, 9.17) is 11.6 Å². The van der Waals surface area contributed by atoms with Crippen molar-refractivity contribution in [1.82, 2.24) is 10.2 Å². The molecule has 2 nitrogen and oxygen atoms in total. The fraction of sp³-hybridized carbons (Fsp3) is 0. The van der Waals surface area contributed by atoms with Crippen LogP contribution in [0.2, 0.25) is 5.02 Å². The largest absolute Gasteiger partial charge is 0.148 e. The van der Waals surface area contributed by atoms with Crippen LogP contribution in [0.1, 0.15) is 0 Å². The lowest BCUT2D eigenvalue weighted by Gasteiger charge is -1.92. The summed E-state index contributed by atoms with van der Waals surface area (Å²) in [5, 5.41) is 10.5. The van der Waals surface area contributed by atoms with Crippen LogP contribution < -0.4 is 0 Å². The molecule has 0 saturated carbocycles. The Kier molecular flexibility index (Phi) is 1.98. The number of thiophene rings is 1. The van der Waals surface area contributed by atoms with Crippen molar-refractivity contribution in [2.24, 2.45) is 0 Å². The smallest absolute Gasteiger partial charge is 0.143 e. The van der Waals surface area contributed by atoms with Crippen molar-refractivity contribution in [2.45, 2.75) is 0 Å². The summed E-state index contributed by atoms with van der Waals surface area (Å²) in [4.78, 5) is 0. The second-order valence-corrected chi connectivity index (χ2v) is 4.26. The summed E-state index contributed by atoms with van der Waals surface area (Å²) in [6.45, 7) is 0. The van der Waals surface area contributed by atoms with Crippen LogP contribution in [-0.2, 0) is 0 Å². The van der Waals surface area contributed by atoms with Crippen LogP contribution in [0, 0.1) is 3.70 Å². The van der Waals surface area contributed by atoms with Crippen LogP contribution in [0.25, 0.3) is 10.2 Å². The van der Waals surface area contributed by atoms with Gasteiger partial charge >= 0.3 is 0 Å². The molecule has 0 N–H and O–H groups in total. The molecule has 0 saturated heterocycles. The van der Waals surface area contributed by atoms with E-state index in [1.165, 1.54) is 0 Å². The third kappa shape index (κ3) is 1.23. The average molecular weight is 297 g/mol. The molecule has 11 heavy (non-hydrogen) atoms. The van der Waals surface area contributed by atoms with E-state index >= 15 is 0 Å². The zero-order valence-corrected chi connectivity index (χ0v) is 8.94. The number of halogens is 2. The van der Waals surface area contributed by atoms with Gasteiger partial charge in [-0.1, -0.05) is 11.6 Å². The Morgan fingerprint density at radius 2 is 2.27 bits per heavy atom. The van der Waals surface area contributed by atoms with Crippen LogP contribution in [0.3, 0.4) is 0 Å². The van der Waals surface area contributed by atoms with Gasteiger partial charge in [0.25, 0.3) is 0 Å². The highest BCUT2D eigenvalue weighted by Gasteiger charge is 2.05. The lowest BCUT2D eigenvalue weighted by atomic mass is 10.4. The first-order chi connectivity index (χ1) is 5.29. The molecule has 2 aromatic heterocycles. The molecule has 0 aromatic carbocycles. The van der Waals surface area contributed by atoms with Gasteiger partial charge in [-0.15, -0.1) is 21.5 Å². The Morgan fingerprint density at radius 3 is 3.09 bits per heavy atom. The van der Waals surface area contributed by atoms with Gasteiger partial charge in [0.2, 0.25) is 0 Å². The molecule has 0 unspecified atom stereocenters. The van der Waals surface area contributed by atoms with Crippen molar-refractivity contribution in [1.29, 1.82) is 0 Å². The van der Waals surface area contributed by atoms with Crippen molar-refractivity contribution in [3.63, 3.8) is 0 Å². The Bertz CT molecular complexity index is 400. The molecule has 0 spiro atoms. The number of hydrogen-bond acceptors (Lipinski definition) is 3. The molecule has 5 heteroatoms. The quantitative estimate of drug-likeness (QED) is 0.699.